The largest absolute Gasteiger partial charge is 0.429 e. The highest BCUT2D eigenvalue weighted by Crippen LogP contribution is 2.70. The van der Waals surface area contributed by atoms with E-state index in [1.54, 1.807) is 0 Å². The van der Waals surface area contributed by atoms with Crippen LogP contribution in [0, 0.1) is 34.0 Å². The summed E-state index contributed by atoms with van der Waals surface area (Å²) in [7, 11) is 0. The molecule has 0 amide bonds. The van der Waals surface area contributed by atoms with Crippen LogP contribution in [0.15, 0.2) is 11.6 Å². The Labute approximate surface area is 180 Å². The van der Waals surface area contributed by atoms with Gasteiger partial charge in [0.2, 0.25) is 6.29 Å². The van der Waals surface area contributed by atoms with Crippen molar-refractivity contribution in [3.63, 3.8) is 0 Å². The molecule has 0 aromatic heterocycles. The van der Waals surface area contributed by atoms with Crippen LogP contribution in [-0.4, -0.2) is 40.8 Å². The third-order valence-corrected chi connectivity index (χ3v) is 10.3. The minimum Gasteiger partial charge on any atom is -0.429 e. The highest BCUT2D eigenvalue weighted by Gasteiger charge is 2.66. The number of hydrogen-bond donors (Lipinski definition) is 2. The van der Waals surface area contributed by atoms with Gasteiger partial charge in [0.05, 0.1) is 18.3 Å². The Kier molecular flexibility index (Phi) is 4.58. The van der Waals surface area contributed by atoms with Gasteiger partial charge in [-0.05, 0) is 78.9 Å². The highest BCUT2D eigenvalue weighted by molar-refractivity contribution is 5.85. The molecule has 0 unspecified atom stereocenters. The molecule has 3 saturated carbocycles. The fourth-order valence-corrected chi connectivity index (χ4v) is 9.04. The van der Waals surface area contributed by atoms with E-state index < -0.39 is 17.9 Å². The number of carbonyl (C=O) groups is 1. The quantitative estimate of drug-likeness (QED) is 0.630. The lowest BCUT2D eigenvalue weighted by molar-refractivity contribution is -0.255. The summed E-state index contributed by atoms with van der Waals surface area (Å²) in [5, 5.41) is 21.8. The van der Waals surface area contributed by atoms with E-state index in [0.717, 1.165) is 25.2 Å². The van der Waals surface area contributed by atoms with Crippen LogP contribution in [0.3, 0.4) is 0 Å². The van der Waals surface area contributed by atoms with Gasteiger partial charge in [0.1, 0.15) is 0 Å². The Morgan fingerprint density at radius 1 is 0.967 bits per heavy atom. The summed E-state index contributed by atoms with van der Waals surface area (Å²) in [5.41, 5.74) is 0.449. The van der Waals surface area contributed by atoms with Gasteiger partial charge in [-0.2, -0.15) is 0 Å². The van der Waals surface area contributed by atoms with Crippen LogP contribution in [0.4, 0.5) is 0 Å². The first-order valence-electron chi connectivity index (χ1n) is 11.9. The molecular weight excluding hydrogens is 380 g/mol. The van der Waals surface area contributed by atoms with Crippen LogP contribution in [-0.2, 0) is 14.3 Å². The molecule has 5 heteroatoms. The van der Waals surface area contributed by atoms with Gasteiger partial charge in [-0.25, -0.2) is 4.79 Å². The van der Waals surface area contributed by atoms with Gasteiger partial charge < -0.3 is 19.7 Å². The number of aliphatic hydroxyl groups is 2. The number of carbonyl (C=O) groups excluding carboxylic acids is 1. The predicted molar refractivity (Wildman–Crippen MR) is 112 cm³/mol. The number of esters is 1. The first-order chi connectivity index (χ1) is 14.0. The lowest BCUT2D eigenvalue weighted by Gasteiger charge is -2.68. The summed E-state index contributed by atoms with van der Waals surface area (Å²) in [5.74, 6) is 0.929. The third kappa shape index (κ3) is 2.80. The Morgan fingerprint density at radius 2 is 1.67 bits per heavy atom. The van der Waals surface area contributed by atoms with Crippen LogP contribution < -0.4 is 0 Å². The maximum absolute atomic E-state index is 11.7. The lowest BCUT2D eigenvalue weighted by atomic mass is 9.37. The molecule has 168 valence electrons. The Balaban J connectivity index is 1.48. The van der Waals surface area contributed by atoms with E-state index in [0.29, 0.717) is 28.7 Å². The molecule has 0 bridgehead atoms. The van der Waals surface area contributed by atoms with Gasteiger partial charge in [-0.15, -0.1) is 0 Å². The molecule has 0 radical (unpaired) electrons. The molecule has 30 heavy (non-hydrogen) atoms. The second-order valence-corrected chi connectivity index (χ2v) is 12.2. The van der Waals surface area contributed by atoms with Crippen molar-refractivity contribution in [2.45, 2.75) is 97.1 Å². The van der Waals surface area contributed by atoms with Crippen molar-refractivity contribution in [3.05, 3.63) is 11.6 Å². The van der Waals surface area contributed by atoms with Gasteiger partial charge in [0, 0.05) is 11.6 Å². The molecule has 0 aromatic rings. The smallest absolute Gasteiger partial charge is 0.333 e. The monoisotopic (exact) mass is 418 g/mol. The van der Waals surface area contributed by atoms with Gasteiger partial charge in [0.25, 0.3) is 0 Å². The molecular formula is C25H38O5. The molecule has 4 fully saturated rings. The number of rotatable bonds is 1. The van der Waals surface area contributed by atoms with Crippen molar-refractivity contribution in [1.82, 2.24) is 0 Å². The summed E-state index contributed by atoms with van der Waals surface area (Å²) < 4.78 is 10.9. The fourth-order valence-electron chi connectivity index (χ4n) is 9.04. The summed E-state index contributed by atoms with van der Waals surface area (Å²) in [4.78, 5) is 11.6. The highest BCUT2D eigenvalue weighted by atomic mass is 16.6. The topological polar surface area (TPSA) is 76.0 Å². The van der Waals surface area contributed by atoms with E-state index in [-0.39, 0.29) is 24.0 Å². The molecule has 0 aromatic carbocycles. The van der Waals surface area contributed by atoms with Crippen molar-refractivity contribution in [2.75, 3.05) is 6.61 Å². The SMILES string of the molecule is CC1(C)CCC[C@]2(C)[C@H]3CC[C@@]4(O)CO[C@H](C5=CC(=O)O[C@H]5O)C[C@H]4[C@]3(C)CC[C@@H]12. The number of cyclic esters (lactones) is 1. The number of aliphatic hydroxyl groups excluding tert-OH is 1. The molecule has 5 nitrogen and oxygen atoms in total. The van der Waals surface area contributed by atoms with Gasteiger partial charge >= 0.3 is 5.97 Å². The van der Waals surface area contributed by atoms with Crippen LogP contribution in [0.1, 0.15) is 79.1 Å². The van der Waals surface area contributed by atoms with Crippen molar-refractivity contribution in [2.24, 2.45) is 34.0 Å². The average Bonchev–Trinajstić information content (AvgIpc) is 2.98. The molecule has 5 aliphatic rings. The first kappa shape index (κ1) is 21.0. The van der Waals surface area contributed by atoms with E-state index in [2.05, 4.69) is 27.7 Å². The van der Waals surface area contributed by atoms with Crippen molar-refractivity contribution in [1.29, 1.82) is 0 Å². The Hall–Kier alpha value is -0.910. The normalized spacial score (nSPS) is 52.5. The van der Waals surface area contributed by atoms with E-state index in [1.165, 1.54) is 31.8 Å². The molecule has 2 heterocycles. The fraction of sp³-hybridized carbons (Fsp3) is 0.880. The Morgan fingerprint density at radius 3 is 2.37 bits per heavy atom. The second-order valence-electron chi connectivity index (χ2n) is 12.2. The second kappa shape index (κ2) is 6.55. The molecule has 2 aliphatic heterocycles. The molecule has 0 spiro atoms. The number of fused-ring (bicyclic) bond motifs is 5. The van der Waals surface area contributed by atoms with E-state index in [1.807, 2.05) is 0 Å². The molecule has 2 N–H and O–H groups in total. The summed E-state index contributed by atoms with van der Waals surface area (Å²) in [6.07, 6.45) is 8.56. The van der Waals surface area contributed by atoms with E-state index in [9.17, 15) is 15.0 Å². The van der Waals surface area contributed by atoms with E-state index >= 15 is 0 Å². The van der Waals surface area contributed by atoms with Crippen LogP contribution in [0.25, 0.3) is 0 Å². The van der Waals surface area contributed by atoms with Crippen LogP contribution >= 0.6 is 0 Å². The summed E-state index contributed by atoms with van der Waals surface area (Å²) in [6.45, 7) is 10.2. The zero-order valence-corrected chi connectivity index (χ0v) is 18.9. The van der Waals surface area contributed by atoms with Crippen molar-refractivity contribution >= 4 is 5.97 Å². The molecule has 5 rings (SSSR count). The zero-order valence-electron chi connectivity index (χ0n) is 18.9. The van der Waals surface area contributed by atoms with Gasteiger partial charge in [0.15, 0.2) is 0 Å². The van der Waals surface area contributed by atoms with Crippen molar-refractivity contribution in [3.8, 4) is 0 Å². The van der Waals surface area contributed by atoms with Gasteiger partial charge in [-0.3, -0.25) is 0 Å². The Bertz CT molecular complexity index is 774. The molecule has 8 atom stereocenters. The van der Waals surface area contributed by atoms with Crippen molar-refractivity contribution < 1.29 is 24.5 Å². The first-order valence-corrected chi connectivity index (χ1v) is 11.9. The lowest BCUT2D eigenvalue weighted by Crippen LogP contribution is -2.66. The number of hydrogen-bond acceptors (Lipinski definition) is 5. The molecule has 1 saturated heterocycles. The maximum atomic E-state index is 11.7. The predicted octanol–water partition coefficient (Wildman–Crippen LogP) is 3.97. The van der Waals surface area contributed by atoms with Gasteiger partial charge in [-0.1, -0.05) is 34.1 Å². The molecule has 3 aliphatic carbocycles. The third-order valence-electron chi connectivity index (χ3n) is 10.3. The summed E-state index contributed by atoms with van der Waals surface area (Å²) in [6, 6.07) is 0. The number of ether oxygens (including phenoxy) is 2. The maximum Gasteiger partial charge on any atom is 0.333 e. The average molecular weight is 419 g/mol. The summed E-state index contributed by atoms with van der Waals surface area (Å²) >= 11 is 0. The zero-order chi connectivity index (χ0) is 21.5. The standard InChI is InChI=1S/C25H38O5/c1-22(2)8-5-9-23(3)17(22)6-10-24(4)18(23)7-11-25(28)14-29-16(13-19(24)25)15-12-20(26)30-21(15)27/h12,16-19,21,27-28H,5-11,13-14H2,1-4H3/t16-,17-,18+,19-,21+,23-,24+,25+/m0/s1. The van der Waals surface area contributed by atoms with Crippen LogP contribution in [0.2, 0.25) is 0 Å². The van der Waals surface area contributed by atoms with Crippen LogP contribution in [0.5, 0.6) is 0 Å². The minimum atomic E-state index is -1.21. The minimum absolute atomic E-state index is 0.0443. The van der Waals surface area contributed by atoms with E-state index in [4.69, 9.17) is 9.47 Å².